The van der Waals surface area contributed by atoms with Crippen LogP contribution in [0.1, 0.15) is 5.56 Å². The summed E-state index contributed by atoms with van der Waals surface area (Å²) < 4.78 is 65.2. The Morgan fingerprint density at radius 1 is 1.19 bits per heavy atom. The van der Waals surface area contributed by atoms with Gasteiger partial charge in [0.05, 0.1) is 18.5 Å². The molecule has 0 aliphatic rings. The summed E-state index contributed by atoms with van der Waals surface area (Å²) in [6.07, 6.45) is 0. The fraction of sp³-hybridized carbons (Fsp3) is 0.455. The number of sulfonamides is 1. The molecule has 0 radical (unpaired) electrons. The number of benzene rings is 1. The van der Waals surface area contributed by atoms with E-state index in [9.17, 15) is 21.6 Å². The topological polar surface area (TPSA) is 49.9 Å². The van der Waals surface area contributed by atoms with E-state index in [0.717, 1.165) is 0 Å². The third-order valence-corrected chi connectivity index (χ3v) is 4.60. The summed E-state index contributed by atoms with van der Waals surface area (Å²) in [6, 6.07) is 2.62. The van der Waals surface area contributed by atoms with E-state index in [1.54, 1.807) is 19.0 Å². The summed E-state index contributed by atoms with van der Waals surface area (Å²) in [5.74, 6) is 0.385. The van der Waals surface area contributed by atoms with E-state index in [1.165, 1.54) is 26.2 Å². The molecule has 5 nitrogen and oxygen atoms in total. The molecule has 1 aromatic carbocycles. The van der Waals surface area contributed by atoms with Crippen molar-refractivity contribution in [2.24, 2.45) is 0 Å². The fourth-order valence-corrected chi connectivity index (χ4v) is 2.64. The Morgan fingerprint density at radius 2 is 1.71 bits per heavy atom. The van der Waals surface area contributed by atoms with Crippen molar-refractivity contribution in [3.63, 3.8) is 0 Å². The van der Waals surface area contributed by atoms with Crippen molar-refractivity contribution in [1.29, 1.82) is 0 Å². The van der Waals surface area contributed by atoms with Gasteiger partial charge in [-0.25, -0.2) is 0 Å². The molecule has 0 unspecified atom stereocenters. The molecule has 0 spiro atoms. The van der Waals surface area contributed by atoms with Crippen LogP contribution in [0.25, 0.3) is 0 Å². The van der Waals surface area contributed by atoms with Gasteiger partial charge in [0.25, 0.3) is 0 Å². The number of nitrogens with zero attached hydrogens (tertiary/aromatic N) is 2. The summed E-state index contributed by atoms with van der Waals surface area (Å²) in [4.78, 5) is 1.56. The third-order valence-electron chi connectivity index (χ3n) is 2.67. The first-order valence-corrected chi connectivity index (χ1v) is 7.34. The largest absolute Gasteiger partial charge is 0.517 e. The molecule has 0 aliphatic heterocycles. The maximum atomic E-state index is 12.6. The number of halogens is 4. The lowest BCUT2D eigenvalue weighted by atomic mass is 10.1. The summed E-state index contributed by atoms with van der Waals surface area (Å²) in [7, 11) is -1.01. The van der Waals surface area contributed by atoms with Gasteiger partial charge in [0.1, 0.15) is 5.75 Å². The van der Waals surface area contributed by atoms with E-state index >= 15 is 0 Å². The second kappa shape index (κ2) is 5.80. The Morgan fingerprint density at radius 3 is 2.10 bits per heavy atom. The van der Waals surface area contributed by atoms with Crippen molar-refractivity contribution < 1.29 is 26.3 Å². The Hall–Kier alpha value is -1.35. The molecule has 21 heavy (non-hydrogen) atoms. The van der Waals surface area contributed by atoms with Gasteiger partial charge >= 0.3 is 15.5 Å². The second-order valence-corrected chi connectivity index (χ2v) is 6.69. The summed E-state index contributed by atoms with van der Waals surface area (Å²) in [6.45, 7) is 1.43. The van der Waals surface area contributed by atoms with Crippen LogP contribution in [-0.4, -0.2) is 35.1 Å². The Balaban J connectivity index is 3.48. The zero-order valence-corrected chi connectivity index (χ0v) is 13.3. The van der Waals surface area contributed by atoms with E-state index in [2.05, 4.69) is 0 Å². The van der Waals surface area contributed by atoms with Crippen LogP contribution >= 0.6 is 11.8 Å². The summed E-state index contributed by atoms with van der Waals surface area (Å²) in [5, 5.41) is 0. The molecule has 0 fully saturated rings. The van der Waals surface area contributed by atoms with Gasteiger partial charge < -0.3 is 9.64 Å². The van der Waals surface area contributed by atoms with E-state index < -0.39 is 15.5 Å². The normalized spacial score (nSPS) is 12.2. The molecule has 0 atom stereocenters. The average molecular weight is 347 g/mol. The van der Waals surface area contributed by atoms with Crippen LogP contribution in [-0.2, 0) is 10.0 Å². The van der Waals surface area contributed by atoms with Crippen LogP contribution < -0.4 is 13.5 Å². The highest BCUT2D eigenvalue weighted by Gasteiger charge is 2.50. The van der Waals surface area contributed by atoms with Crippen LogP contribution in [0.5, 0.6) is 5.75 Å². The van der Waals surface area contributed by atoms with Gasteiger partial charge in [0.15, 0.2) is 0 Å². The van der Waals surface area contributed by atoms with E-state index in [4.69, 9.17) is 16.5 Å². The lowest BCUT2D eigenvalue weighted by molar-refractivity contribution is -0.0434. The van der Waals surface area contributed by atoms with Crippen molar-refractivity contribution in [3.05, 3.63) is 17.7 Å². The SMILES string of the molecule is COc1cc(C)c(N(Cl)S(=O)(=O)C(F)(F)F)cc1N(C)C. The number of ether oxygens (including phenoxy) is 1. The first kappa shape index (κ1) is 17.7. The van der Waals surface area contributed by atoms with Crippen LogP contribution in [0.15, 0.2) is 12.1 Å². The summed E-state index contributed by atoms with van der Waals surface area (Å²) in [5.41, 5.74) is -5.17. The molecule has 0 bridgehead atoms. The number of alkyl halides is 3. The van der Waals surface area contributed by atoms with Crippen LogP contribution in [0.2, 0.25) is 0 Å². The maximum Gasteiger partial charge on any atom is 0.517 e. The van der Waals surface area contributed by atoms with Crippen molar-refractivity contribution in [3.8, 4) is 5.75 Å². The molecule has 0 saturated carbocycles. The molecule has 0 aromatic heterocycles. The Labute approximate surface area is 126 Å². The molecule has 0 aliphatic carbocycles. The molecule has 0 amide bonds. The molecular formula is C11H14ClF3N2O3S. The van der Waals surface area contributed by atoms with Gasteiger partial charge in [0.2, 0.25) is 0 Å². The van der Waals surface area contributed by atoms with E-state index in [0.29, 0.717) is 11.4 Å². The molecule has 0 N–H and O–H groups in total. The first-order valence-electron chi connectivity index (χ1n) is 5.56. The molecule has 0 heterocycles. The Bertz CT molecular complexity index is 632. The van der Waals surface area contributed by atoms with Crippen molar-refractivity contribution in [1.82, 2.24) is 0 Å². The van der Waals surface area contributed by atoms with Gasteiger partial charge in [0, 0.05) is 25.9 Å². The van der Waals surface area contributed by atoms with E-state index in [1.807, 2.05) is 0 Å². The van der Waals surface area contributed by atoms with Crippen LogP contribution in [0.4, 0.5) is 24.5 Å². The van der Waals surface area contributed by atoms with Gasteiger partial charge in [-0.15, -0.1) is 0 Å². The maximum absolute atomic E-state index is 12.6. The van der Waals surface area contributed by atoms with Crippen molar-refractivity contribution >= 4 is 33.2 Å². The molecular weight excluding hydrogens is 333 g/mol. The standard InChI is InChI=1S/C11H14ClF3N2O3S/c1-7-5-10(20-4)9(16(2)3)6-8(7)17(12)21(18,19)11(13,14)15/h5-6H,1-4H3. The van der Waals surface area contributed by atoms with Gasteiger partial charge in [-0.05, 0) is 24.6 Å². The van der Waals surface area contributed by atoms with Crippen molar-refractivity contribution in [2.45, 2.75) is 12.4 Å². The van der Waals surface area contributed by atoms with Crippen LogP contribution in [0.3, 0.4) is 0 Å². The highest BCUT2D eigenvalue weighted by atomic mass is 35.5. The predicted molar refractivity (Wildman–Crippen MR) is 75.4 cm³/mol. The quantitative estimate of drug-likeness (QED) is 0.787. The monoisotopic (exact) mass is 346 g/mol. The lowest BCUT2D eigenvalue weighted by Gasteiger charge is -2.23. The number of methoxy groups -OCH3 is 1. The Kier molecular flexibility index (Phi) is 4.89. The minimum absolute atomic E-state index is 0.222. The van der Waals surface area contributed by atoms with Crippen molar-refractivity contribution in [2.75, 3.05) is 29.9 Å². The molecule has 1 aromatic rings. The first-order chi connectivity index (χ1) is 9.43. The minimum Gasteiger partial charge on any atom is -0.495 e. The number of rotatable bonds is 4. The molecule has 120 valence electrons. The number of aryl methyl sites for hydroxylation is 1. The number of hydrogen-bond acceptors (Lipinski definition) is 4. The highest BCUT2D eigenvalue weighted by Crippen LogP contribution is 2.39. The third kappa shape index (κ3) is 3.29. The zero-order chi connectivity index (χ0) is 16.6. The van der Waals surface area contributed by atoms with Gasteiger partial charge in [-0.1, -0.05) is 0 Å². The minimum atomic E-state index is -5.67. The van der Waals surface area contributed by atoms with Gasteiger partial charge in [-0.2, -0.15) is 25.4 Å². The molecule has 0 saturated heterocycles. The zero-order valence-electron chi connectivity index (χ0n) is 11.7. The smallest absolute Gasteiger partial charge is 0.495 e. The second-order valence-electron chi connectivity index (χ2n) is 4.37. The highest BCUT2D eigenvalue weighted by molar-refractivity contribution is 7.94. The van der Waals surface area contributed by atoms with Gasteiger partial charge in [-0.3, -0.25) is 0 Å². The lowest BCUT2D eigenvalue weighted by Crippen LogP contribution is -2.35. The van der Waals surface area contributed by atoms with Crippen LogP contribution in [0, 0.1) is 6.92 Å². The number of anilines is 2. The van der Waals surface area contributed by atoms with E-state index in [-0.39, 0.29) is 15.1 Å². The summed E-state index contributed by atoms with van der Waals surface area (Å²) >= 11 is 5.43. The molecule has 1 rings (SSSR count). The molecule has 10 heteroatoms. The predicted octanol–water partition coefficient (Wildman–Crippen LogP) is 2.88. The fourth-order valence-electron chi connectivity index (χ4n) is 1.58. The number of hydrogen-bond donors (Lipinski definition) is 0. The average Bonchev–Trinajstić information content (AvgIpc) is 2.35.